The van der Waals surface area contributed by atoms with Crippen molar-refractivity contribution >= 4 is 17.3 Å². The Bertz CT molecular complexity index is 938. The fourth-order valence-electron chi connectivity index (χ4n) is 2.44. The molecule has 6 nitrogen and oxygen atoms in total. The van der Waals surface area contributed by atoms with Gasteiger partial charge in [-0.05, 0) is 18.2 Å². The van der Waals surface area contributed by atoms with Crippen molar-refractivity contribution in [2.45, 2.75) is 12.8 Å². The summed E-state index contributed by atoms with van der Waals surface area (Å²) in [6.07, 6.45) is 0.388. The molecule has 0 saturated carbocycles. The van der Waals surface area contributed by atoms with Crippen LogP contribution in [-0.4, -0.2) is 10.8 Å². The number of nitro benzene ring substituents is 1. The van der Waals surface area contributed by atoms with Crippen LogP contribution in [0.3, 0.4) is 0 Å². The van der Waals surface area contributed by atoms with Gasteiger partial charge in [-0.2, -0.15) is 0 Å². The third-order valence-corrected chi connectivity index (χ3v) is 3.75. The molecule has 0 aliphatic rings. The topological polar surface area (TPSA) is 85.4 Å². The fourth-order valence-corrected chi connectivity index (χ4v) is 2.44. The lowest BCUT2D eigenvalue weighted by Crippen LogP contribution is -2.13. The zero-order valence-electron chi connectivity index (χ0n) is 13.6. The minimum Gasteiger partial charge on any atom is -0.461 e. The lowest BCUT2D eigenvalue weighted by molar-refractivity contribution is -0.384. The second-order valence-electron chi connectivity index (χ2n) is 5.60. The number of nitrogens with one attached hydrogen (secondary N) is 1. The third kappa shape index (κ3) is 4.13. The molecule has 1 amide bonds. The van der Waals surface area contributed by atoms with E-state index in [0.717, 1.165) is 23.8 Å². The SMILES string of the molecule is O=C(CCc1ccc(-c2ccccc2)o1)Nc1cc([N+](=O)[O-])ccc1F. The maximum atomic E-state index is 13.7. The molecule has 1 N–H and O–H groups in total. The highest BCUT2D eigenvalue weighted by molar-refractivity contribution is 5.91. The van der Waals surface area contributed by atoms with Gasteiger partial charge >= 0.3 is 0 Å². The third-order valence-electron chi connectivity index (χ3n) is 3.75. The van der Waals surface area contributed by atoms with Crippen LogP contribution in [0.25, 0.3) is 11.3 Å². The number of nitro groups is 1. The molecule has 0 unspecified atom stereocenters. The van der Waals surface area contributed by atoms with Crippen molar-refractivity contribution in [2.75, 3.05) is 5.32 Å². The van der Waals surface area contributed by atoms with E-state index in [2.05, 4.69) is 5.32 Å². The molecule has 0 radical (unpaired) electrons. The highest BCUT2D eigenvalue weighted by atomic mass is 19.1. The van der Waals surface area contributed by atoms with Crippen LogP contribution in [0.2, 0.25) is 0 Å². The first-order chi connectivity index (χ1) is 12.5. The first kappa shape index (κ1) is 17.3. The van der Waals surface area contributed by atoms with Crippen molar-refractivity contribution in [1.82, 2.24) is 0 Å². The summed E-state index contributed by atoms with van der Waals surface area (Å²) in [6, 6.07) is 16.1. The van der Waals surface area contributed by atoms with E-state index in [1.54, 1.807) is 6.07 Å². The highest BCUT2D eigenvalue weighted by Gasteiger charge is 2.14. The Morgan fingerprint density at radius 2 is 1.88 bits per heavy atom. The Labute approximate surface area is 148 Å². The zero-order valence-corrected chi connectivity index (χ0v) is 13.6. The van der Waals surface area contributed by atoms with Crippen LogP contribution in [0.15, 0.2) is 65.1 Å². The number of halogens is 1. The van der Waals surface area contributed by atoms with Crippen molar-refractivity contribution in [3.05, 3.63) is 82.4 Å². The molecule has 7 heteroatoms. The smallest absolute Gasteiger partial charge is 0.271 e. The molecular weight excluding hydrogens is 339 g/mol. The molecular formula is C19H15FN2O4. The quantitative estimate of drug-likeness (QED) is 0.519. The van der Waals surface area contributed by atoms with Crippen LogP contribution in [0, 0.1) is 15.9 Å². The minimum atomic E-state index is -0.728. The van der Waals surface area contributed by atoms with Crippen LogP contribution >= 0.6 is 0 Å². The van der Waals surface area contributed by atoms with Gasteiger partial charge < -0.3 is 9.73 Å². The molecule has 1 heterocycles. The van der Waals surface area contributed by atoms with Crippen LogP contribution < -0.4 is 5.32 Å². The number of non-ortho nitro benzene ring substituents is 1. The summed E-state index contributed by atoms with van der Waals surface area (Å²) in [4.78, 5) is 22.1. The van der Waals surface area contributed by atoms with Gasteiger partial charge in [0.1, 0.15) is 17.3 Å². The molecule has 0 aliphatic carbocycles. The molecule has 0 atom stereocenters. The predicted molar refractivity (Wildman–Crippen MR) is 94.1 cm³/mol. The van der Waals surface area contributed by atoms with E-state index in [0.29, 0.717) is 17.9 Å². The average Bonchev–Trinajstić information content (AvgIpc) is 3.11. The van der Waals surface area contributed by atoms with Gasteiger partial charge in [-0.1, -0.05) is 30.3 Å². The first-order valence-electron chi connectivity index (χ1n) is 7.91. The van der Waals surface area contributed by atoms with Crippen LogP contribution in [0.1, 0.15) is 12.2 Å². The maximum Gasteiger partial charge on any atom is 0.271 e. The lowest BCUT2D eigenvalue weighted by Gasteiger charge is -2.05. The number of aryl methyl sites for hydroxylation is 1. The summed E-state index contributed by atoms with van der Waals surface area (Å²) in [5.74, 6) is 0.139. The summed E-state index contributed by atoms with van der Waals surface area (Å²) in [5, 5.41) is 13.1. The van der Waals surface area contributed by atoms with Crippen LogP contribution in [-0.2, 0) is 11.2 Å². The Morgan fingerprint density at radius 1 is 1.12 bits per heavy atom. The fraction of sp³-hybridized carbons (Fsp3) is 0.105. The first-order valence-corrected chi connectivity index (χ1v) is 7.91. The Morgan fingerprint density at radius 3 is 2.62 bits per heavy atom. The summed E-state index contributed by atoms with van der Waals surface area (Å²) in [5.41, 5.74) is 0.427. The summed E-state index contributed by atoms with van der Waals surface area (Å²) in [7, 11) is 0. The number of carbonyl (C=O) groups excluding carboxylic acids is 1. The van der Waals surface area contributed by atoms with Gasteiger partial charge in [-0.25, -0.2) is 4.39 Å². The predicted octanol–water partition coefficient (Wildman–Crippen LogP) is 4.57. The number of carbonyl (C=O) groups is 1. The van der Waals surface area contributed by atoms with E-state index in [1.165, 1.54) is 0 Å². The van der Waals surface area contributed by atoms with E-state index in [9.17, 15) is 19.3 Å². The van der Waals surface area contributed by atoms with E-state index >= 15 is 0 Å². The largest absolute Gasteiger partial charge is 0.461 e. The second kappa shape index (κ2) is 7.60. The van der Waals surface area contributed by atoms with Crippen molar-refractivity contribution < 1.29 is 18.5 Å². The summed E-state index contributed by atoms with van der Waals surface area (Å²) >= 11 is 0. The average molecular weight is 354 g/mol. The molecule has 26 heavy (non-hydrogen) atoms. The molecule has 132 valence electrons. The van der Waals surface area contributed by atoms with Crippen molar-refractivity contribution in [3.8, 4) is 11.3 Å². The number of benzene rings is 2. The van der Waals surface area contributed by atoms with E-state index in [-0.39, 0.29) is 17.8 Å². The van der Waals surface area contributed by atoms with Crippen LogP contribution in [0.5, 0.6) is 0 Å². The number of furan rings is 1. The number of nitrogens with zero attached hydrogens (tertiary/aromatic N) is 1. The van der Waals surface area contributed by atoms with Crippen molar-refractivity contribution in [1.29, 1.82) is 0 Å². The highest BCUT2D eigenvalue weighted by Crippen LogP contribution is 2.23. The van der Waals surface area contributed by atoms with Crippen molar-refractivity contribution in [2.24, 2.45) is 0 Å². The van der Waals surface area contributed by atoms with Gasteiger partial charge in [0.05, 0.1) is 10.6 Å². The van der Waals surface area contributed by atoms with Gasteiger partial charge in [-0.15, -0.1) is 0 Å². The number of amides is 1. The van der Waals surface area contributed by atoms with Crippen LogP contribution in [0.4, 0.5) is 15.8 Å². The van der Waals surface area contributed by atoms with Gasteiger partial charge in [0, 0.05) is 30.5 Å². The number of hydrogen-bond acceptors (Lipinski definition) is 4. The standard InChI is InChI=1S/C19H15FN2O4/c20-16-9-6-14(22(24)25)12-17(16)21-19(23)11-8-15-7-10-18(26-15)13-4-2-1-3-5-13/h1-7,9-10,12H,8,11H2,(H,21,23). The molecule has 3 aromatic rings. The Kier molecular flexibility index (Phi) is 5.07. The second-order valence-corrected chi connectivity index (χ2v) is 5.60. The van der Waals surface area contributed by atoms with E-state index in [4.69, 9.17) is 4.42 Å². The molecule has 0 bridgehead atoms. The molecule has 0 fully saturated rings. The Hall–Kier alpha value is -3.48. The maximum absolute atomic E-state index is 13.7. The number of anilines is 1. The molecule has 0 aliphatic heterocycles. The van der Waals surface area contributed by atoms with E-state index < -0.39 is 16.6 Å². The minimum absolute atomic E-state index is 0.0594. The summed E-state index contributed by atoms with van der Waals surface area (Å²) < 4.78 is 19.4. The molecule has 3 rings (SSSR count). The monoisotopic (exact) mass is 354 g/mol. The van der Waals surface area contributed by atoms with Gasteiger partial charge in [-0.3, -0.25) is 14.9 Å². The Balaban J connectivity index is 1.61. The zero-order chi connectivity index (χ0) is 18.5. The molecule has 1 aromatic heterocycles. The summed E-state index contributed by atoms with van der Waals surface area (Å²) in [6.45, 7) is 0. The lowest BCUT2D eigenvalue weighted by atomic mass is 10.2. The van der Waals surface area contributed by atoms with Gasteiger partial charge in [0.15, 0.2) is 0 Å². The van der Waals surface area contributed by atoms with Crippen molar-refractivity contribution in [3.63, 3.8) is 0 Å². The number of hydrogen-bond donors (Lipinski definition) is 1. The molecule has 0 spiro atoms. The number of rotatable bonds is 6. The molecule has 2 aromatic carbocycles. The van der Waals surface area contributed by atoms with Gasteiger partial charge in [0.2, 0.25) is 5.91 Å². The van der Waals surface area contributed by atoms with E-state index in [1.807, 2.05) is 36.4 Å². The normalized spacial score (nSPS) is 10.5. The molecule has 0 saturated heterocycles. The van der Waals surface area contributed by atoms with Gasteiger partial charge in [0.25, 0.3) is 5.69 Å².